The first-order valence-corrected chi connectivity index (χ1v) is 3.24. The number of rotatable bonds is 1. The van der Waals surface area contributed by atoms with E-state index in [9.17, 15) is 9.90 Å². The first-order valence-electron chi connectivity index (χ1n) is 3.24. The van der Waals surface area contributed by atoms with Gasteiger partial charge in [-0.2, -0.15) is 4.98 Å². The highest BCUT2D eigenvalue weighted by Crippen LogP contribution is 2.03. The molecule has 1 radical (unpaired) electrons. The van der Waals surface area contributed by atoms with E-state index in [1.165, 1.54) is 12.4 Å². The number of hydrogen-bond acceptors (Lipinski definition) is 2. The highest BCUT2D eigenvalue weighted by molar-refractivity contribution is 5.77. The number of amides is 1. The third-order valence-corrected chi connectivity index (χ3v) is 1.15. The van der Waals surface area contributed by atoms with E-state index in [2.05, 4.69) is 10.3 Å². The Kier molecular flexibility index (Phi) is 2.10. The van der Waals surface area contributed by atoms with Crippen LogP contribution in [0.5, 0.6) is 6.01 Å². The van der Waals surface area contributed by atoms with Gasteiger partial charge in [0.15, 0.2) is 0 Å². The number of imidazole rings is 1. The summed E-state index contributed by atoms with van der Waals surface area (Å²) in [7, 11) is 0. The molecule has 1 N–H and O–H groups in total. The number of nitrogens with one attached hydrogen (secondary N) is 1. The van der Waals surface area contributed by atoms with Gasteiger partial charge in [0, 0.05) is 18.9 Å². The quantitative estimate of drug-likeness (QED) is 0.643. The van der Waals surface area contributed by atoms with Crippen molar-refractivity contribution in [1.29, 1.82) is 0 Å². The fourth-order valence-corrected chi connectivity index (χ4v) is 0.681. The first kappa shape index (κ1) is 7.59. The van der Waals surface area contributed by atoms with Gasteiger partial charge in [-0.25, -0.2) is 14.5 Å². The van der Waals surface area contributed by atoms with Crippen molar-refractivity contribution in [2.75, 3.05) is 6.54 Å². The second-order valence-electron chi connectivity index (χ2n) is 1.92. The van der Waals surface area contributed by atoms with Crippen LogP contribution in [0.2, 0.25) is 0 Å². The summed E-state index contributed by atoms with van der Waals surface area (Å²) in [5.74, 6) is 0. The Morgan fingerprint density at radius 3 is 3.00 bits per heavy atom. The smallest absolute Gasteiger partial charge is 0.338 e. The average molecular weight is 154 g/mol. The van der Waals surface area contributed by atoms with Gasteiger partial charge in [0.2, 0.25) is 0 Å². The molecule has 59 valence electrons. The fourth-order valence-electron chi connectivity index (χ4n) is 0.681. The van der Waals surface area contributed by atoms with Gasteiger partial charge in [-0.05, 0) is 6.92 Å². The van der Waals surface area contributed by atoms with Crippen LogP contribution in [0.4, 0.5) is 4.79 Å². The zero-order valence-corrected chi connectivity index (χ0v) is 6.07. The van der Waals surface area contributed by atoms with Crippen molar-refractivity contribution in [3.63, 3.8) is 0 Å². The summed E-state index contributed by atoms with van der Waals surface area (Å²) >= 11 is 0. The molecule has 0 saturated heterocycles. The van der Waals surface area contributed by atoms with Crippen LogP contribution in [-0.4, -0.2) is 22.1 Å². The Labute approximate surface area is 63.7 Å². The van der Waals surface area contributed by atoms with Gasteiger partial charge >= 0.3 is 12.0 Å². The van der Waals surface area contributed by atoms with Crippen LogP contribution < -0.4 is 5.32 Å². The lowest BCUT2D eigenvalue weighted by molar-refractivity contribution is 0.234. The number of nitrogens with zero attached hydrogens (tertiary/aromatic N) is 2. The summed E-state index contributed by atoms with van der Waals surface area (Å²) in [5.41, 5.74) is 0. The summed E-state index contributed by atoms with van der Waals surface area (Å²) in [6.07, 6.45) is 2.62. The van der Waals surface area contributed by atoms with Gasteiger partial charge in [-0.15, -0.1) is 0 Å². The van der Waals surface area contributed by atoms with Gasteiger partial charge in [0.05, 0.1) is 0 Å². The number of carbonyl (C=O) groups is 1. The minimum absolute atomic E-state index is 0.435. The third kappa shape index (κ3) is 1.49. The van der Waals surface area contributed by atoms with Crippen molar-refractivity contribution in [3.8, 4) is 6.01 Å². The molecule has 0 aliphatic heterocycles. The molecule has 5 nitrogen and oxygen atoms in total. The lowest BCUT2D eigenvalue weighted by Gasteiger charge is -2.00. The second-order valence-corrected chi connectivity index (χ2v) is 1.92. The molecule has 1 rings (SSSR count). The third-order valence-electron chi connectivity index (χ3n) is 1.15. The molecule has 0 aliphatic rings. The molecule has 0 bridgehead atoms. The predicted molar refractivity (Wildman–Crippen MR) is 36.8 cm³/mol. The lowest BCUT2D eigenvalue weighted by Crippen LogP contribution is -2.27. The topological polar surface area (TPSA) is 66.8 Å². The average Bonchev–Trinajstić information content (AvgIpc) is 2.36. The highest BCUT2D eigenvalue weighted by Gasteiger charge is 2.08. The maximum Gasteiger partial charge on any atom is 0.355 e. The summed E-state index contributed by atoms with van der Waals surface area (Å²) in [6, 6.07) is -0.981. The molecule has 1 aromatic rings. The van der Waals surface area contributed by atoms with Crippen LogP contribution in [0.3, 0.4) is 0 Å². The van der Waals surface area contributed by atoms with E-state index >= 15 is 0 Å². The SMILES string of the molecule is CCNC(=O)n1ccnc1[O]. The fraction of sp³-hybridized carbons (Fsp3) is 0.333. The van der Waals surface area contributed by atoms with Gasteiger partial charge in [-0.3, -0.25) is 0 Å². The van der Waals surface area contributed by atoms with E-state index in [-0.39, 0.29) is 0 Å². The molecule has 1 aromatic heterocycles. The van der Waals surface area contributed by atoms with Crippen molar-refractivity contribution < 1.29 is 9.90 Å². The molecule has 1 amide bonds. The molecule has 0 spiro atoms. The van der Waals surface area contributed by atoms with Crippen LogP contribution >= 0.6 is 0 Å². The number of carbonyl (C=O) groups excluding carboxylic acids is 1. The molecule has 0 unspecified atom stereocenters. The molecule has 11 heavy (non-hydrogen) atoms. The molecule has 0 fully saturated rings. The van der Waals surface area contributed by atoms with Gasteiger partial charge in [0.1, 0.15) is 0 Å². The molecular weight excluding hydrogens is 146 g/mol. The van der Waals surface area contributed by atoms with Crippen molar-refractivity contribution >= 4 is 6.03 Å². The molecule has 0 atom stereocenters. The van der Waals surface area contributed by atoms with Crippen LogP contribution in [0, 0.1) is 0 Å². The minimum atomic E-state index is -0.545. The summed E-state index contributed by atoms with van der Waals surface area (Å²) < 4.78 is 0.920. The van der Waals surface area contributed by atoms with E-state index in [1.54, 1.807) is 6.92 Å². The Hall–Kier alpha value is -1.52. The van der Waals surface area contributed by atoms with Gasteiger partial charge < -0.3 is 5.32 Å². The minimum Gasteiger partial charge on any atom is -0.338 e. The molecule has 0 aromatic carbocycles. The summed E-state index contributed by atoms with van der Waals surface area (Å²) in [6.45, 7) is 2.27. The van der Waals surface area contributed by atoms with Crippen LogP contribution in [0.15, 0.2) is 12.4 Å². The molecule has 0 saturated carbocycles. The number of hydrogen-bond donors (Lipinski definition) is 1. The molecular formula is C6H8N3O2. The van der Waals surface area contributed by atoms with E-state index in [1.807, 2.05) is 0 Å². The molecule has 0 aliphatic carbocycles. The van der Waals surface area contributed by atoms with E-state index < -0.39 is 12.0 Å². The Morgan fingerprint density at radius 1 is 1.82 bits per heavy atom. The van der Waals surface area contributed by atoms with Crippen molar-refractivity contribution in [2.45, 2.75) is 6.92 Å². The first-order chi connectivity index (χ1) is 5.25. The van der Waals surface area contributed by atoms with E-state index in [0.29, 0.717) is 6.54 Å². The van der Waals surface area contributed by atoms with Crippen LogP contribution in [0.1, 0.15) is 6.92 Å². The van der Waals surface area contributed by atoms with Gasteiger partial charge in [0.25, 0.3) is 0 Å². The zero-order valence-electron chi connectivity index (χ0n) is 6.07. The Bertz CT molecular complexity index is 256. The summed E-state index contributed by atoms with van der Waals surface area (Å²) in [4.78, 5) is 14.3. The largest absolute Gasteiger partial charge is 0.355 e. The molecule has 5 heteroatoms. The molecule has 1 heterocycles. The Morgan fingerprint density at radius 2 is 2.55 bits per heavy atom. The normalized spacial score (nSPS) is 9.55. The second kappa shape index (κ2) is 3.05. The monoisotopic (exact) mass is 154 g/mol. The predicted octanol–water partition coefficient (Wildman–Crippen LogP) is 0.605. The number of aromatic nitrogens is 2. The highest BCUT2D eigenvalue weighted by atomic mass is 16.3. The van der Waals surface area contributed by atoms with Crippen molar-refractivity contribution in [2.24, 2.45) is 0 Å². The van der Waals surface area contributed by atoms with Crippen LogP contribution in [-0.2, 0) is 5.11 Å². The van der Waals surface area contributed by atoms with E-state index in [4.69, 9.17) is 0 Å². The van der Waals surface area contributed by atoms with E-state index in [0.717, 1.165) is 4.57 Å². The van der Waals surface area contributed by atoms with Crippen molar-refractivity contribution in [3.05, 3.63) is 12.4 Å². The maximum absolute atomic E-state index is 10.9. The standard InChI is InChI=1S/C6H8N3O2/c1-2-7-5(10)9-4-3-8-6(9)11/h3-4H,2H2,1H3,(H,7,10). The van der Waals surface area contributed by atoms with Crippen LogP contribution in [0.25, 0.3) is 0 Å². The summed E-state index contributed by atoms with van der Waals surface area (Å²) in [5, 5.41) is 13.2. The Balaban J connectivity index is 2.76. The zero-order chi connectivity index (χ0) is 8.27. The van der Waals surface area contributed by atoms with Crippen molar-refractivity contribution in [1.82, 2.24) is 14.9 Å². The maximum atomic E-state index is 10.9. The van der Waals surface area contributed by atoms with Gasteiger partial charge in [-0.1, -0.05) is 0 Å². The lowest BCUT2D eigenvalue weighted by atomic mass is 10.7.